The van der Waals surface area contributed by atoms with Crippen LogP contribution < -0.4 is 10.4 Å². The van der Waals surface area contributed by atoms with Crippen LogP contribution in [0.15, 0.2) is 121 Å². The maximum Gasteiger partial charge on any atom is 0.307 e. The third-order valence-corrected chi connectivity index (χ3v) is 7.91. The lowest BCUT2D eigenvalue weighted by Crippen LogP contribution is -2.43. The van der Waals surface area contributed by atoms with Gasteiger partial charge in [-0.2, -0.15) is 0 Å². The molecule has 47 heavy (non-hydrogen) atoms. The Bertz CT molecular complexity index is 1700. The van der Waals surface area contributed by atoms with Gasteiger partial charge in [-0.05, 0) is 50.5 Å². The van der Waals surface area contributed by atoms with Crippen molar-refractivity contribution in [1.29, 1.82) is 0 Å². The molecule has 2 N–H and O–H groups in total. The second kappa shape index (κ2) is 14.5. The van der Waals surface area contributed by atoms with Crippen molar-refractivity contribution < 1.29 is 24.0 Å². The predicted octanol–water partition coefficient (Wildman–Crippen LogP) is 7.30. The van der Waals surface area contributed by atoms with Crippen LogP contribution >= 0.6 is 0 Å². The Balaban J connectivity index is 1.46. The van der Waals surface area contributed by atoms with Gasteiger partial charge in [0.1, 0.15) is 5.60 Å². The number of rotatable bonds is 12. The first-order chi connectivity index (χ1) is 22.6. The first-order valence-electron chi connectivity index (χ1n) is 15.8. The average Bonchev–Trinajstić information content (AvgIpc) is 3.49. The van der Waals surface area contributed by atoms with Gasteiger partial charge < -0.3 is 14.6 Å². The third-order valence-electron chi connectivity index (χ3n) is 7.91. The number of fused-ring (bicyclic) bond motifs is 1. The number of hydroxylamine groups is 1. The lowest BCUT2D eigenvalue weighted by atomic mass is 9.80. The first-order valence-corrected chi connectivity index (χ1v) is 15.8. The molecule has 2 amide bonds. The maximum absolute atomic E-state index is 14.2. The number of benzene rings is 4. The number of aromatic nitrogens is 1. The summed E-state index contributed by atoms with van der Waals surface area (Å²) in [6.45, 7) is 7.50. The number of hydrogen-bond donors (Lipinski definition) is 2. The molecular formula is C39H41N3O5. The summed E-state index contributed by atoms with van der Waals surface area (Å²) in [5.74, 6) is -2.49. The fraction of sp³-hybridized carbons (Fsp3) is 0.256. The molecule has 0 aliphatic carbocycles. The van der Waals surface area contributed by atoms with E-state index >= 15 is 0 Å². The van der Waals surface area contributed by atoms with E-state index in [1.807, 2.05) is 122 Å². The molecule has 4 aromatic carbocycles. The van der Waals surface area contributed by atoms with Crippen molar-refractivity contribution in [3.63, 3.8) is 0 Å². The van der Waals surface area contributed by atoms with Gasteiger partial charge in [0.15, 0.2) is 5.60 Å². The van der Waals surface area contributed by atoms with Crippen LogP contribution in [0.3, 0.4) is 0 Å². The molecule has 242 valence electrons. The van der Waals surface area contributed by atoms with Crippen LogP contribution in [-0.4, -0.2) is 34.9 Å². The summed E-state index contributed by atoms with van der Waals surface area (Å²) < 4.78 is 5.58. The van der Waals surface area contributed by atoms with Crippen LogP contribution in [0.2, 0.25) is 0 Å². The summed E-state index contributed by atoms with van der Waals surface area (Å²) in [6.07, 6.45) is 1.20. The van der Waals surface area contributed by atoms with E-state index in [0.29, 0.717) is 12.2 Å². The molecule has 5 aromatic rings. The van der Waals surface area contributed by atoms with Crippen LogP contribution in [-0.2, 0) is 29.6 Å². The van der Waals surface area contributed by atoms with Crippen LogP contribution in [0, 0.1) is 5.92 Å². The lowest BCUT2D eigenvalue weighted by Gasteiger charge is -2.35. The van der Waals surface area contributed by atoms with Crippen LogP contribution in [0.25, 0.3) is 10.9 Å². The van der Waals surface area contributed by atoms with Gasteiger partial charge in [-0.1, -0.05) is 109 Å². The monoisotopic (exact) mass is 631 g/mol. The second-order valence-electron chi connectivity index (χ2n) is 12.4. The Hall–Kier alpha value is -5.21. The summed E-state index contributed by atoms with van der Waals surface area (Å²) in [6, 6.07) is 36.6. The molecule has 0 saturated carbocycles. The molecular weight excluding hydrogens is 590 g/mol. The number of nitrogens with one attached hydrogen (secondary N) is 2. The molecule has 0 radical (unpaired) electrons. The van der Waals surface area contributed by atoms with Gasteiger partial charge >= 0.3 is 5.97 Å². The zero-order valence-corrected chi connectivity index (χ0v) is 27.2. The van der Waals surface area contributed by atoms with E-state index in [2.05, 4.69) is 10.5 Å². The van der Waals surface area contributed by atoms with Crippen LogP contribution in [0.4, 0.5) is 5.69 Å². The Kier molecular flexibility index (Phi) is 10.2. The minimum absolute atomic E-state index is 0.274. The number of para-hydroxylation sites is 1. The number of amides is 2. The topological polar surface area (TPSA) is 101 Å². The van der Waals surface area contributed by atoms with E-state index in [9.17, 15) is 14.4 Å². The summed E-state index contributed by atoms with van der Waals surface area (Å²) in [5, 5.41) is 0.866. The molecule has 0 aliphatic heterocycles. The molecule has 8 heteroatoms. The highest BCUT2D eigenvalue weighted by Crippen LogP contribution is 2.40. The van der Waals surface area contributed by atoms with Crippen molar-refractivity contribution in [3.8, 4) is 0 Å². The number of nitrogens with zero attached hydrogens (tertiary/aromatic N) is 1. The number of esters is 1. The minimum atomic E-state index is -1.20. The lowest BCUT2D eigenvalue weighted by molar-refractivity contribution is -0.158. The first kappa shape index (κ1) is 33.2. The number of hydrogen-bond acceptors (Lipinski definition) is 5. The van der Waals surface area contributed by atoms with Crippen molar-refractivity contribution >= 4 is 34.4 Å². The Morgan fingerprint density at radius 2 is 1.26 bits per heavy atom. The molecule has 0 spiro atoms. The maximum atomic E-state index is 14.2. The summed E-state index contributed by atoms with van der Waals surface area (Å²) in [5.41, 5.74) is 4.68. The van der Waals surface area contributed by atoms with Gasteiger partial charge in [0.05, 0.1) is 18.0 Å². The number of aromatic amines is 1. The zero-order valence-electron chi connectivity index (χ0n) is 27.2. The molecule has 1 aromatic heterocycles. The molecule has 0 fully saturated rings. The summed E-state index contributed by atoms with van der Waals surface area (Å²) in [7, 11) is 0. The SMILES string of the molecule is CCN(C(=O)C(CC(=O)NOC(c1ccccc1)(c1ccccc1)c1ccccc1)CC(=O)OC(C)(C)C)c1c[nH]c2ccccc12. The largest absolute Gasteiger partial charge is 0.460 e. The molecule has 1 heterocycles. The predicted molar refractivity (Wildman–Crippen MR) is 183 cm³/mol. The molecule has 0 saturated heterocycles. The molecule has 5 rings (SSSR count). The standard InChI is InChI=1S/C39H41N3O5/c1-5-42(34-27-40-33-24-16-15-23-32(33)34)37(45)28(26-36(44)46-38(2,3)4)25-35(43)41-47-39(29-17-9-6-10-18-29,30-19-11-7-12-20-30)31-21-13-8-14-22-31/h6-24,27-28,40H,5,25-26H2,1-4H3,(H,41,43). The highest BCUT2D eigenvalue weighted by atomic mass is 16.7. The smallest absolute Gasteiger partial charge is 0.307 e. The van der Waals surface area contributed by atoms with Gasteiger partial charge in [0.2, 0.25) is 11.8 Å². The van der Waals surface area contributed by atoms with Gasteiger partial charge in [0, 0.05) is 30.1 Å². The number of ether oxygens (including phenoxy) is 1. The van der Waals surface area contributed by atoms with Crippen molar-refractivity contribution in [2.24, 2.45) is 5.92 Å². The van der Waals surface area contributed by atoms with E-state index in [4.69, 9.17) is 9.57 Å². The van der Waals surface area contributed by atoms with E-state index in [1.54, 1.807) is 31.9 Å². The normalized spacial score (nSPS) is 12.3. The quantitative estimate of drug-likeness (QED) is 0.0855. The Morgan fingerprint density at radius 3 is 1.77 bits per heavy atom. The van der Waals surface area contributed by atoms with Gasteiger partial charge in [0.25, 0.3) is 0 Å². The summed E-state index contributed by atoms with van der Waals surface area (Å²) >= 11 is 0. The Morgan fingerprint density at radius 1 is 0.745 bits per heavy atom. The van der Waals surface area contributed by atoms with E-state index in [-0.39, 0.29) is 18.7 Å². The number of anilines is 1. The molecule has 8 nitrogen and oxygen atoms in total. The van der Waals surface area contributed by atoms with Gasteiger partial charge in [-0.25, -0.2) is 5.48 Å². The zero-order chi connectivity index (χ0) is 33.4. The highest BCUT2D eigenvalue weighted by molar-refractivity contribution is 6.05. The van der Waals surface area contributed by atoms with Crippen LogP contribution in [0.1, 0.15) is 57.2 Å². The molecule has 1 unspecified atom stereocenters. The fourth-order valence-electron chi connectivity index (χ4n) is 5.87. The van der Waals surface area contributed by atoms with E-state index < -0.39 is 29.0 Å². The van der Waals surface area contributed by atoms with Crippen molar-refractivity contribution in [2.45, 2.75) is 51.7 Å². The molecule has 0 aliphatic rings. The Labute approximate surface area is 275 Å². The molecule has 1 atom stereocenters. The van der Waals surface area contributed by atoms with Gasteiger partial charge in [-0.3, -0.25) is 19.2 Å². The second-order valence-corrected chi connectivity index (χ2v) is 12.4. The average molecular weight is 632 g/mol. The van der Waals surface area contributed by atoms with Crippen LogP contribution in [0.5, 0.6) is 0 Å². The minimum Gasteiger partial charge on any atom is -0.460 e. The molecule has 0 bridgehead atoms. The van der Waals surface area contributed by atoms with Crippen molar-refractivity contribution in [2.75, 3.05) is 11.4 Å². The number of carbonyl (C=O) groups is 3. The number of carbonyl (C=O) groups excluding carboxylic acids is 3. The third kappa shape index (κ3) is 7.61. The number of H-pyrrole nitrogens is 1. The van der Waals surface area contributed by atoms with Gasteiger partial charge in [-0.15, -0.1) is 0 Å². The highest BCUT2D eigenvalue weighted by Gasteiger charge is 2.40. The van der Waals surface area contributed by atoms with E-state index in [0.717, 1.165) is 27.6 Å². The van der Waals surface area contributed by atoms with E-state index in [1.165, 1.54) is 0 Å². The van der Waals surface area contributed by atoms with Crippen molar-refractivity contribution in [3.05, 3.63) is 138 Å². The van der Waals surface area contributed by atoms with Crippen molar-refractivity contribution in [1.82, 2.24) is 10.5 Å². The fourth-order valence-corrected chi connectivity index (χ4v) is 5.87. The summed E-state index contributed by atoms with van der Waals surface area (Å²) in [4.78, 5) is 52.4.